The van der Waals surface area contributed by atoms with Crippen molar-refractivity contribution < 1.29 is 0 Å². The lowest BCUT2D eigenvalue weighted by Crippen LogP contribution is -1.96. The molecule has 0 heterocycles. The molecule has 13 heavy (non-hydrogen) atoms. The van der Waals surface area contributed by atoms with Gasteiger partial charge in [-0.05, 0) is 12.3 Å². The van der Waals surface area contributed by atoms with E-state index < -0.39 is 0 Å². The molecule has 2 nitrogen and oxygen atoms in total. The Morgan fingerprint density at radius 2 is 1.69 bits per heavy atom. The first-order chi connectivity index (χ1) is 6.20. The molecular weight excluding hydrogens is 160 g/mol. The molecule has 2 heteroatoms. The number of hydrogen-bond acceptors (Lipinski definition) is 2. The zero-order valence-electron chi connectivity index (χ0n) is 8.58. The molecule has 1 unspecified atom stereocenters. The summed E-state index contributed by atoms with van der Waals surface area (Å²) in [5, 5.41) is 17.1. The van der Waals surface area contributed by atoms with Gasteiger partial charge in [0, 0.05) is 0 Å². The molecule has 0 saturated heterocycles. The van der Waals surface area contributed by atoms with E-state index in [1.165, 1.54) is 12.8 Å². The Morgan fingerprint density at radius 3 is 2.15 bits per heavy atom. The normalized spacial score (nSPS) is 12.1. The first-order valence-electron chi connectivity index (χ1n) is 4.97. The van der Waals surface area contributed by atoms with Crippen LogP contribution in [0.3, 0.4) is 0 Å². The number of rotatable bonds is 6. The number of hydrogen-bond donors (Lipinski definition) is 0. The molecule has 0 aliphatic carbocycles. The molecule has 0 amide bonds. The fraction of sp³-hybridized carbons (Fsp3) is 0.818. The van der Waals surface area contributed by atoms with Gasteiger partial charge in [-0.1, -0.05) is 33.1 Å². The largest absolute Gasteiger partial charge is 0.198 e. The first-order valence-corrected chi connectivity index (χ1v) is 4.97. The highest BCUT2D eigenvalue weighted by Crippen LogP contribution is 2.14. The summed E-state index contributed by atoms with van der Waals surface area (Å²) >= 11 is 0. The van der Waals surface area contributed by atoms with E-state index in [9.17, 15) is 0 Å². The second kappa shape index (κ2) is 7.62. The van der Waals surface area contributed by atoms with E-state index >= 15 is 0 Å². The van der Waals surface area contributed by atoms with Gasteiger partial charge in [0.1, 0.15) is 0 Å². The van der Waals surface area contributed by atoms with Gasteiger partial charge in [-0.2, -0.15) is 10.5 Å². The van der Waals surface area contributed by atoms with Crippen LogP contribution in [0.25, 0.3) is 0 Å². The third-order valence-corrected chi connectivity index (χ3v) is 2.10. The van der Waals surface area contributed by atoms with Crippen molar-refractivity contribution in [1.82, 2.24) is 0 Å². The van der Waals surface area contributed by atoms with Crippen LogP contribution in [0.4, 0.5) is 0 Å². The predicted octanol–water partition coefficient (Wildman–Crippen LogP) is 3.26. The van der Waals surface area contributed by atoms with E-state index in [0.717, 1.165) is 18.8 Å². The zero-order valence-corrected chi connectivity index (χ0v) is 8.58. The van der Waals surface area contributed by atoms with Gasteiger partial charge in [-0.3, -0.25) is 0 Å². The predicted molar refractivity (Wildman–Crippen MR) is 52.6 cm³/mol. The second-order valence-corrected chi connectivity index (χ2v) is 3.87. The Bertz CT molecular complexity index is 195. The smallest absolute Gasteiger partial charge is 0.0666 e. The van der Waals surface area contributed by atoms with Crippen molar-refractivity contribution in [2.45, 2.75) is 46.0 Å². The maximum absolute atomic E-state index is 8.66. The van der Waals surface area contributed by atoms with Crippen LogP contribution in [-0.2, 0) is 0 Å². The van der Waals surface area contributed by atoms with E-state index in [0.29, 0.717) is 6.42 Å². The molecule has 0 bridgehead atoms. The van der Waals surface area contributed by atoms with E-state index in [1.807, 2.05) is 6.07 Å². The monoisotopic (exact) mass is 178 g/mol. The standard InChI is InChI=1S/C11H18N2/c1-10(2)5-3-4-6-11(9-13)7-8-12/h10-11H,3-7H2,1-2H3. The summed E-state index contributed by atoms with van der Waals surface area (Å²) in [6.45, 7) is 4.41. The molecule has 0 aromatic carbocycles. The highest BCUT2D eigenvalue weighted by atomic mass is 14.3. The molecule has 0 rings (SSSR count). The fourth-order valence-electron chi connectivity index (χ4n) is 1.27. The van der Waals surface area contributed by atoms with Crippen LogP contribution in [0.1, 0.15) is 46.0 Å². The van der Waals surface area contributed by atoms with Crippen molar-refractivity contribution in [3.8, 4) is 12.1 Å². The summed E-state index contributed by atoms with van der Waals surface area (Å²) in [6, 6.07) is 4.21. The first kappa shape index (κ1) is 12.0. The van der Waals surface area contributed by atoms with Crippen molar-refractivity contribution >= 4 is 0 Å². The summed E-state index contributed by atoms with van der Waals surface area (Å²) in [7, 11) is 0. The fourth-order valence-corrected chi connectivity index (χ4v) is 1.27. The van der Waals surface area contributed by atoms with Crippen LogP contribution in [0.15, 0.2) is 0 Å². The van der Waals surface area contributed by atoms with Gasteiger partial charge in [0.15, 0.2) is 0 Å². The Hall–Kier alpha value is -1.02. The lowest BCUT2D eigenvalue weighted by atomic mass is 9.98. The van der Waals surface area contributed by atoms with Crippen molar-refractivity contribution in [3.63, 3.8) is 0 Å². The lowest BCUT2D eigenvalue weighted by molar-refractivity contribution is 0.495. The molecule has 1 atom stereocenters. The van der Waals surface area contributed by atoms with Crippen molar-refractivity contribution in [2.24, 2.45) is 11.8 Å². The van der Waals surface area contributed by atoms with E-state index in [1.54, 1.807) is 0 Å². The summed E-state index contributed by atoms with van der Waals surface area (Å²) in [5.74, 6) is 0.702. The van der Waals surface area contributed by atoms with Gasteiger partial charge in [0.2, 0.25) is 0 Å². The average Bonchev–Trinajstić information content (AvgIpc) is 2.10. The summed E-state index contributed by atoms with van der Waals surface area (Å²) in [6.07, 6.45) is 4.76. The van der Waals surface area contributed by atoms with Gasteiger partial charge in [0.05, 0.1) is 24.5 Å². The van der Waals surface area contributed by atoms with E-state index in [2.05, 4.69) is 19.9 Å². The van der Waals surface area contributed by atoms with Gasteiger partial charge in [-0.25, -0.2) is 0 Å². The molecule has 0 spiro atoms. The molecular formula is C11H18N2. The van der Waals surface area contributed by atoms with Gasteiger partial charge >= 0.3 is 0 Å². The molecule has 0 N–H and O–H groups in total. The Morgan fingerprint density at radius 1 is 1.08 bits per heavy atom. The van der Waals surface area contributed by atoms with E-state index in [-0.39, 0.29) is 5.92 Å². The third-order valence-electron chi connectivity index (χ3n) is 2.10. The van der Waals surface area contributed by atoms with Crippen molar-refractivity contribution in [1.29, 1.82) is 10.5 Å². The van der Waals surface area contributed by atoms with Crippen LogP contribution in [0.5, 0.6) is 0 Å². The molecule has 0 aliphatic rings. The SMILES string of the molecule is CC(C)CCCCC(C#N)CC#N. The number of unbranched alkanes of at least 4 members (excludes halogenated alkanes) is 1. The maximum Gasteiger partial charge on any atom is 0.0666 e. The minimum atomic E-state index is -0.0443. The van der Waals surface area contributed by atoms with Crippen LogP contribution < -0.4 is 0 Å². The topological polar surface area (TPSA) is 47.6 Å². The van der Waals surface area contributed by atoms with Gasteiger partial charge in [-0.15, -0.1) is 0 Å². The third kappa shape index (κ3) is 7.34. The Labute approximate surface area is 81.2 Å². The molecule has 72 valence electrons. The molecule has 0 fully saturated rings. The highest BCUT2D eigenvalue weighted by molar-refractivity contribution is 4.89. The molecule has 0 saturated carbocycles. The van der Waals surface area contributed by atoms with Crippen LogP contribution in [0, 0.1) is 34.5 Å². The van der Waals surface area contributed by atoms with Gasteiger partial charge < -0.3 is 0 Å². The van der Waals surface area contributed by atoms with Crippen LogP contribution in [0.2, 0.25) is 0 Å². The zero-order chi connectivity index (χ0) is 10.1. The van der Waals surface area contributed by atoms with Crippen LogP contribution in [-0.4, -0.2) is 0 Å². The minimum Gasteiger partial charge on any atom is -0.198 e. The number of nitrogens with zero attached hydrogens (tertiary/aromatic N) is 2. The van der Waals surface area contributed by atoms with Crippen LogP contribution >= 0.6 is 0 Å². The van der Waals surface area contributed by atoms with Crippen molar-refractivity contribution in [3.05, 3.63) is 0 Å². The van der Waals surface area contributed by atoms with E-state index in [4.69, 9.17) is 10.5 Å². The van der Waals surface area contributed by atoms with Gasteiger partial charge in [0.25, 0.3) is 0 Å². The maximum atomic E-state index is 8.66. The summed E-state index contributed by atoms with van der Waals surface area (Å²) in [4.78, 5) is 0. The lowest BCUT2D eigenvalue weighted by Gasteiger charge is -2.05. The summed E-state index contributed by atoms with van der Waals surface area (Å²) < 4.78 is 0. The highest BCUT2D eigenvalue weighted by Gasteiger charge is 2.05. The quantitative estimate of drug-likeness (QED) is 0.586. The molecule has 0 aromatic rings. The molecule has 0 aliphatic heterocycles. The molecule has 0 radical (unpaired) electrons. The number of nitriles is 2. The molecule has 0 aromatic heterocycles. The second-order valence-electron chi connectivity index (χ2n) is 3.87. The Kier molecular flexibility index (Phi) is 7.02. The minimum absolute atomic E-state index is 0.0443. The average molecular weight is 178 g/mol. The van der Waals surface area contributed by atoms with Crippen molar-refractivity contribution in [2.75, 3.05) is 0 Å². The Balaban J connectivity index is 3.41. The summed E-state index contributed by atoms with van der Waals surface area (Å²) in [5.41, 5.74) is 0.